The summed E-state index contributed by atoms with van der Waals surface area (Å²) in [5.74, 6) is 0. The van der Waals surface area contributed by atoms with Crippen LogP contribution in [0.25, 0.3) is 0 Å². The first-order valence-corrected chi connectivity index (χ1v) is 8.46. The van der Waals surface area contributed by atoms with Gasteiger partial charge in [0.05, 0.1) is 0 Å². The van der Waals surface area contributed by atoms with Gasteiger partial charge in [-0.3, -0.25) is 0 Å². The van der Waals surface area contributed by atoms with E-state index < -0.39 is 8.24 Å². The SMILES string of the molecule is CCN1CCN([Si](C)(C)C)CC1. The summed E-state index contributed by atoms with van der Waals surface area (Å²) in [6.07, 6.45) is 0. The third-order valence-electron chi connectivity index (χ3n) is 2.77. The molecule has 0 aromatic rings. The lowest BCUT2D eigenvalue weighted by molar-refractivity contribution is 0.191. The second-order valence-electron chi connectivity index (χ2n) is 4.59. The number of hydrogen-bond donors (Lipinski definition) is 0. The van der Waals surface area contributed by atoms with Crippen molar-refractivity contribution in [2.45, 2.75) is 26.6 Å². The molecular formula is C9H22N2Si. The number of hydrogen-bond acceptors (Lipinski definition) is 2. The topological polar surface area (TPSA) is 6.48 Å². The normalized spacial score (nSPS) is 23.0. The average molecular weight is 186 g/mol. The van der Waals surface area contributed by atoms with Gasteiger partial charge in [0, 0.05) is 26.2 Å². The van der Waals surface area contributed by atoms with Crippen LogP contribution in [0.1, 0.15) is 6.92 Å². The summed E-state index contributed by atoms with van der Waals surface area (Å²) in [5.41, 5.74) is 0. The lowest BCUT2D eigenvalue weighted by atomic mass is 10.4. The van der Waals surface area contributed by atoms with Crippen LogP contribution >= 0.6 is 0 Å². The molecule has 0 N–H and O–H groups in total. The van der Waals surface area contributed by atoms with E-state index in [1.807, 2.05) is 0 Å². The molecule has 2 nitrogen and oxygen atoms in total. The zero-order valence-corrected chi connectivity index (χ0v) is 9.93. The Morgan fingerprint density at radius 2 is 1.50 bits per heavy atom. The van der Waals surface area contributed by atoms with Gasteiger partial charge in [-0.25, -0.2) is 0 Å². The van der Waals surface area contributed by atoms with Crippen LogP contribution in [0.15, 0.2) is 0 Å². The molecule has 1 aliphatic heterocycles. The zero-order valence-electron chi connectivity index (χ0n) is 8.93. The quantitative estimate of drug-likeness (QED) is 0.603. The van der Waals surface area contributed by atoms with Crippen LogP contribution in [0.2, 0.25) is 19.6 Å². The Morgan fingerprint density at radius 1 is 1.00 bits per heavy atom. The number of nitrogens with zero attached hydrogens (tertiary/aromatic N) is 2. The van der Waals surface area contributed by atoms with Gasteiger partial charge in [0.1, 0.15) is 8.24 Å². The molecule has 0 atom stereocenters. The molecule has 12 heavy (non-hydrogen) atoms. The van der Waals surface area contributed by atoms with Crippen molar-refractivity contribution in [1.29, 1.82) is 0 Å². The summed E-state index contributed by atoms with van der Waals surface area (Å²) in [5, 5.41) is 0. The molecule has 1 rings (SSSR count). The Kier molecular flexibility index (Phi) is 3.32. The number of piperazine rings is 1. The van der Waals surface area contributed by atoms with E-state index in [1.54, 1.807) is 0 Å². The first-order valence-electron chi connectivity index (χ1n) is 5.01. The highest BCUT2D eigenvalue weighted by Gasteiger charge is 2.26. The van der Waals surface area contributed by atoms with Crippen LogP contribution in [0.3, 0.4) is 0 Å². The summed E-state index contributed by atoms with van der Waals surface area (Å²) in [6.45, 7) is 15.9. The van der Waals surface area contributed by atoms with E-state index >= 15 is 0 Å². The van der Waals surface area contributed by atoms with E-state index in [4.69, 9.17) is 0 Å². The molecule has 1 saturated heterocycles. The fourth-order valence-corrected chi connectivity index (χ4v) is 3.28. The van der Waals surface area contributed by atoms with Gasteiger partial charge in [0.25, 0.3) is 0 Å². The molecule has 1 aliphatic rings. The molecule has 0 radical (unpaired) electrons. The minimum atomic E-state index is -0.992. The number of likely N-dealkylation sites (N-methyl/N-ethyl adjacent to an activating group) is 1. The van der Waals surface area contributed by atoms with E-state index in [-0.39, 0.29) is 0 Å². The second kappa shape index (κ2) is 3.90. The molecule has 0 aliphatic carbocycles. The van der Waals surface area contributed by atoms with E-state index in [2.05, 4.69) is 36.0 Å². The van der Waals surface area contributed by atoms with Crippen LogP contribution in [0.5, 0.6) is 0 Å². The fraction of sp³-hybridized carbons (Fsp3) is 1.00. The van der Waals surface area contributed by atoms with Crippen LogP contribution in [0, 0.1) is 0 Å². The Labute approximate surface area is 77.6 Å². The first-order chi connectivity index (χ1) is 5.54. The minimum absolute atomic E-state index is 0.992. The summed E-state index contributed by atoms with van der Waals surface area (Å²) >= 11 is 0. The van der Waals surface area contributed by atoms with Crippen molar-refractivity contribution in [1.82, 2.24) is 9.47 Å². The predicted octanol–water partition coefficient (Wildman–Crippen LogP) is 1.46. The third-order valence-corrected chi connectivity index (χ3v) is 5.11. The van der Waals surface area contributed by atoms with Crippen LogP contribution < -0.4 is 0 Å². The summed E-state index contributed by atoms with van der Waals surface area (Å²) < 4.78 is 2.71. The standard InChI is InChI=1S/C9H22N2Si/c1-5-10-6-8-11(9-7-10)12(2,3)4/h5-9H2,1-4H3. The summed E-state index contributed by atoms with van der Waals surface area (Å²) in [4.78, 5) is 2.54. The first kappa shape index (κ1) is 10.2. The zero-order chi connectivity index (χ0) is 9.19. The van der Waals surface area contributed by atoms with Gasteiger partial charge >= 0.3 is 0 Å². The maximum absolute atomic E-state index is 2.71. The van der Waals surface area contributed by atoms with Crippen LogP contribution in [0.4, 0.5) is 0 Å². The Morgan fingerprint density at radius 3 is 1.83 bits per heavy atom. The van der Waals surface area contributed by atoms with Crippen molar-refractivity contribution in [2.24, 2.45) is 0 Å². The van der Waals surface area contributed by atoms with E-state index in [0.29, 0.717) is 0 Å². The molecule has 0 aromatic heterocycles. The van der Waals surface area contributed by atoms with Crippen molar-refractivity contribution in [2.75, 3.05) is 32.7 Å². The Balaban J connectivity index is 2.36. The molecule has 0 unspecified atom stereocenters. The lowest BCUT2D eigenvalue weighted by Crippen LogP contribution is -2.55. The largest absolute Gasteiger partial charge is 0.321 e. The smallest absolute Gasteiger partial charge is 0.119 e. The molecule has 1 fully saturated rings. The van der Waals surface area contributed by atoms with Crippen molar-refractivity contribution < 1.29 is 0 Å². The maximum atomic E-state index is 2.71. The highest BCUT2D eigenvalue weighted by atomic mass is 28.3. The van der Waals surface area contributed by atoms with Crippen molar-refractivity contribution in [3.05, 3.63) is 0 Å². The maximum Gasteiger partial charge on any atom is 0.119 e. The summed E-state index contributed by atoms with van der Waals surface area (Å²) in [7, 11) is -0.992. The van der Waals surface area contributed by atoms with Crippen molar-refractivity contribution in [3.8, 4) is 0 Å². The van der Waals surface area contributed by atoms with E-state index in [1.165, 1.54) is 32.7 Å². The average Bonchev–Trinajstić information content (AvgIpc) is 2.03. The molecule has 0 amide bonds. The van der Waals surface area contributed by atoms with Gasteiger partial charge in [-0.15, -0.1) is 0 Å². The van der Waals surface area contributed by atoms with Crippen LogP contribution in [-0.2, 0) is 0 Å². The summed E-state index contributed by atoms with van der Waals surface area (Å²) in [6, 6.07) is 0. The monoisotopic (exact) mass is 186 g/mol. The third kappa shape index (κ3) is 2.57. The molecule has 72 valence electrons. The van der Waals surface area contributed by atoms with Gasteiger partial charge in [-0.1, -0.05) is 26.6 Å². The number of rotatable bonds is 2. The molecular weight excluding hydrogens is 164 g/mol. The van der Waals surface area contributed by atoms with Gasteiger partial charge in [-0.05, 0) is 6.54 Å². The predicted molar refractivity (Wildman–Crippen MR) is 57.0 cm³/mol. The molecule has 0 aromatic carbocycles. The van der Waals surface area contributed by atoms with Gasteiger partial charge < -0.3 is 9.47 Å². The Bertz CT molecular complexity index is 134. The second-order valence-corrected chi connectivity index (χ2v) is 9.57. The minimum Gasteiger partial charge on any atom is -0.321 e. The van der Waals surface area contributed by atoms with Crippen LogP contribution in [-0.4, -0.2) is 50.4 Å². The van der Waals surface area contributed by atoms with Gasteiger partial charge in [-0.2, -0.15) is 0 Å². The van der Waals surface area contributed by atoms with E-state index in [0.717, 1.165) is 0 Å². The molecule has 1 heterocycles. The van der Waals surface area contributed by atoms with Crippen molar-refractivity contribution >= 4 is 8.24 Å². The fourth-order valence-electron chi connectivity index (χ4n) is 1.73. The van der Waals surface area contributed by atoms with Gasteiger partial charge in [0.2, 0.25) is 0 Å². The molecule has 0 bridgehead atoms. The van der Waals surface area contributed by atoms with Crippen molar-refractivity contribution in [3.63, 3.8) is 0 Å². The molecule has 0 saturated carbocycles. The van der Waals surface area contributed by atoms with Gasteiger partial charge in [0.15, 0.2) is 0 Å². The lowest BCUT2D eigenvalue weighted by Gasteiger charge is -2.41. The Hall–Kier alpha value is 0.137. The van der Waals surface area contributed by atoms with E-state index in [9.17, 15) is 0 Å². The molecule has 0 spiro atoms. The highest BCUT2D eigenvalue weighted by Crippen LogP contribution is 2.12. The molecule has 3 heteroatoms. The highest BCUT2D eigenvalue weighted by molar-refractivity contribution is 6.73.